The summed E-state index contributed by atoms with van der Waals surface area (Å²) in [6, 6.07) is 10.4. The van der Waals surface area contributed by atoms with Gasteiger partial charge in [-0.3, -0.25) is 14.5 Å². The van der Waals surface area contributed by atoms with Crippen molar-refractivity contribution >= 4 is 29.0 Å². The molecule has 5 heteroatoms. The molecule has 1 unspecified atom stereocenters. The van der Waals surface area contributed by atoms with Gasteiger partial charge in [0.1, 0.15) is 5.82 Å². The Bertz CT molecular complexity index is 1080. The largest absolute Gasteiger partial charge is 0.294 e. The lowest BCUT2D eigenvalue weighted by Crippen LogP contribution is -2.44. The second kappa shape index (κ2) is 7.35. The Morgan fingerprint density at radius 1 is 1.10 bits per heavy atom. The van der Waals surface area contributed by atoms with Gasteiger partial charge in [-0.1, -0.05) is 43.6 Å². The molecule has 30 heavy (non-hydrogen) atoms. The minimum Gasteiger partial charge on any atom is -0.294 e. The maximum absolute atomic E-state index is 14.8. The molecule has 1 atom stereocenters. The molecule has 0 N–H and O–H groups in total. The SMILES string of the molecule is Cc1ccc(C)c(N2C(=O)CC(c3c(F)cccc3Cl)C3=C2CC(C)(C)CC3=O)c1. The number of nitrogens with zero attached hydrogens (tertiary/aromatic N) is 1. The van der Waals surface area contributed by atoms with E-state index >= 15 is 0 Å². The van der Waals surface area contributed by atoms with Crippen molar-refractivity contribution in [1.29, 1.82) is 0 Å². The van der Waals surface area contributed by atoms with Gasteiger partial charge in [0.25, 0.3) is 0 Å². The molecule has 156 valence electrons. The summed E-state index contributed by atoms with van der Waals surface area (Å²) in [4.78, 5) is 28.5. The molecule has 0 saturated heterocycles. The van der Waals surface area contributed by atoms with E-state index in [0.717, 1.165) is 16.8 Å². The highest BCUT2D eigenvalue weighted by Crippen LogP contribution is 2.49. The lowest BCUT2D eigenvalue weighted by atomic mass is 9.69. The first-order chi connectivity index (χ1) is 14.1. The topological polar surface area (TPSA) is 37.4 Å². The molecule has 0 saturated carbocycles. The van der Waals surface area contributed by atoms with Gasteiger partial charge >= 0.3 is 0 Å². The maximum atomic E-state index is 14.8. The Morgan fingerprint density at radius 2 is 1.83 bits per heavy atom. The zero-order chi connectivity index (χ0) is 21.8. The van der Waals surface area contributed by atoms with Gasteiger partial charge in [0.15, 0.2) is 5.78 Å². The van der Waals surface area contributed by atoms with Gasteiger partial charge in [-0.05, 0) is 55.0 Å². The molecule has 4 rings (SSSR count). The van der Waals surface area contributed by atoms with Crippen LogP contribution in [0.3, 0.4) is 0 Å². The third kappa shape index (κ3) is 3.47. The Balaban J connectivity index is 1.98. The Labute approximate surface area is 181 Å². The molecule has 1 aliphatic heterocycles. The van der Waals surface area contributed by atoms with Gasteiger partial charge in [0.05, 0.1) is 5.69 Å². The van der Waals surface area contributed by atoms with Crippen molar-refractivity contribution in [2.24, 2.45) is 5.41 Å². The lowest BCUT2D eigenvalue weighted by Gasteiger charge is -2.43. The Morgan fingerprint density at radius 3 is 2.53 bits per heavy atom. The number of aryl methyl sites for hydroxylation is 2. The van der Waals surface area contributed by atoms with Gasteiger partial charge in [-0.15, -0.1) is 0 Å². The van der Waals surface area contributed by atoms with Crippen molar-refractivity contribution < 1.29 is 14.0 Å². The number of halogens is 2. The maximum Gasteiger partial charge on any atom is 0.232 e. The molecule has 2 aromatic rings. The fraction of sp³-hybridized carbons (Fsp3) is 0.360. The molecule has 0 bridgehead atoms. The normalized spacial score (nSPS) is 21.1. The summed E-state index contributed by atoms with van der Waals surface area (Å²) in [5.41, 5.74) is 3.95. The zero-order valence-corrected chi connectivity index (χ0v) is 18.4. The van der Waals surface area contributed by atoms with Gasteiger partial charge in [0, 0.05) is 40.6 Å². The number of Topliss-reactive ketones (excluding diaryl/α,β-unsaturated/α-hetero) is 1. The van der Waals surface area contributed by atoms with Crippen molar-refractivity contribution in [1.82, 2.24) is 0 Å². The number of amides is 1. The third-order valence-corrected chi connectivity index (χ3v) is 6.43. The predicted molar refractivity (Wildman–Crippen MR) is 117 cm³/mol. The van der Waals surface area contributed by atoms with Crippen molar-refractivity contribution in [3.63, 3.8) is 0 Å². The first kappa shape index (κ1) is 20.8. The van der Waals surface area contributed by atoms with Crippen LogP contribution >= 0.6 is 11.6 Å². The molecule has 0 radical (unpaired) electrons. The van der Waals surface area contributed by atoms with Gasteiger partial charge in [0.2, 0.25) is 5.91 Å². The number of rotatable bonds is 2. The van der Waals surface area contributed by atoms with Crippen molar-refractivity contribution in [3.05, 3.63) is 75.2 Å². The lowest BCUT2D eigenvalue weighted by molar-refractivity contribution is -0.121. The molecule has 2 aliphatic rings. The number of carbonyl (C=O) groups excluding carboxylic acids is 2. The number of benzene rings is 2. The van der Waals surface area contributed by atoms with Crippen molar-refractivity contribution in [3.8, 4) is 0 Å². The van der Waals surface area contributed by atoms with E-state index in [1.54, 1.807) is 11.0 Å². The predicted octanol–water partition coefficient (Wildman–Crippen LogP) is 6.26. The van der Waals surface area contributed by atoms with Crippen LogP contribution in [0.25, 0.3) is 0 Å². The zero-order valence-electron chi connectivity index (χ0n) is 17.7. The van der Waals surface area contributed by atoms with E-state index in [-0.39, 0.29) is 34.1 Å². The molecule has 0 aromatic heterocycles. The summed E-state index contributed by atoms with van der Waals surface area (Å²) in [5, 5.41) is 0.248. The van der Waals surface area contributed by atoms with E-state index in [4.69, 9.17) is 11.6 Å². The van der Waals surface area contributed by atoms with Crippen LogP contribution in [0.4, 0.5) is 10.1 Å². The first-order valence-corrected chi connectivity index (χ1v) is 10.6. The number of hydrogen-bond acceptors (Lipinski definition) is 2. The molecule has 1 amide bonds. The van der Waals surface area contributed by atoms with Crippen LogP contribution in [0.1, 0.15) is 55.7 Å². The molecule has 2 aromatic carbocycles. The minimum absolute atomic E-state index is 0.0129. The molecule has 0 spiro atoms. The summed E-state index contributed by atoms with van der Waals surface area (Å²) < 4.78 is 14.8. The number of carbonyl (C=O) groups is 2. The summed E-state index contributed by atoms with van der Waals surface area (Å²) >= 11 is 6.35. The summed E-state index contributed by atoms with van der Waals surface area (Å²) in [7, 11) is 0. The standard InChI is InChI=1S/C25H25ClFNO2/c1-14-8-9-15(2)19(10-14)28-20-12-25(3,4)13-21(29)24(20)16(11-22(28)30)23-17(26)6-5-7-18(23)27/h5-10,16H,11-13H2,1-4H3. The molecule has 3 nitrogen and oxygen atoms in total. The summed E-state index contributed by atoms with van der Waals surface area (Å²) in [5.74, 6) is -1.32. The Hall–Kier alpha value is -2.46. The third-order valence-electron chi connectivity index (χ3n) is 6.10. The summed E-state index contributed by atoms with van der Waals surface area (Å²) in [6.07, 6.45) is 0.942. The van der Waals surface area contributed by atoms with Gasteiger partial charge in [-0.2, -0.15) is 0 Å². The van der Waals surface area contributed by atoms with Crippen LogP contribution in [-0.4, -0.2) is 11.7 Å². The highest BCUT2D eigenvalue weighted by atomic mass is 35.5. The first-order valence-electron chi connectivity index (χ1n) is 10.2. The molecule has 0 fully saturated rings. The fourth-order valence-corrected chi connectivity index (χ4v) is 5.04. The van der Waals surface area contributed by atoms with Crippen LogP contribution < -0.4 is 4.90 Å². The van der Waals surface area contributed by atoms with Gasteiger partial charge < -0.3 is 0 Å². The average Bonchev–Trinajstić information content (AvgIpc) is 2.62. The van der Waals surface area contributed by atoms with E-state index in [1.165, 1.54) is 12.1 Å². The van der Waals surface area contributed by atoms with Crippen LogP contribution in [0.5, 0.6) is 0 Å². The van der Waals surface area contributed by atoms with E-state index in [1.807, 2.05) is 45.9 Å². The number of ketones is 1. The van der Waals surface area contributed by atoms with Crippen molar-refractivity contribution in [2.75, 3.05) is 4.90 Å². The Kier molecular flexibility index (Phi) is 5.09. The summed E-state index contributed by atoms with van der Waals surface area (Å²) in [6.45, 7) is 7.99. The number of allylic oxidation sites excluding steroid dienone is 2. The molecular weight excluding hydrogens is 401 g/mol. The van der Waals surface area contributed by atoms with Crippen LogP contribution in [-0.2, 0) is 9.59 Å². The second-order valence-corrected chi connectivity index (χ2v) is 9.62. The van der Waals surface area contributed by atoms with Crippen molar-refractivity contribution in [2.45, 2.75) is 52.9 Å². The van der Waals surface area contributed by atoms with Crippen LogP contribution in [0, 0.1) is 25.1 Å². The van der Waals surface area contributed by atoms with Crippen LogP contribution in [0.15, 0.2) is 47.7 Å². The van der Waals surface area contributed by atoms with E-state index < -0.39 is 11.7 Å². The highest BCUT2D eigenvalue weighted by Gasteiger charge is 2.45. The second-order valence-electron chi connectivity index (χ2n) is 9.21. The number of anilines is 1. The highest BCUT2D eigenvalue weighted by molar-refractivity contribution is 6.31. The molecule has 1 heterocycles. The van der Waals surface area contributed by atoms with Crippen LogP contribution in [0.2, 0.25) is 5.02 Å². The van der Waals surface area contributed by atoms with E-state index in [0.29, 0.717) is 24.1 Å². The minimum atomic E-state index is -0.661. The smallest absolute Gasteiger partial charge is 0.232 e. The van der Waals surface area contributed by atoms with Gasteiger partial charge in [-0.25, -0.2) is 4.39 Å². The average molecular weight is 426 g/mol. The van der Waals surface area contributed by atoms with E-state index in [2.05, 4.69) is 0 Å². The monoisotopic (exact) mass is 425 g/mol. The fourth-order valence-electron chi connectivity index (χ4n) is 4.75. The molecular formula is C25H25ClFNO2. The van der Waals surface area contributed by atoms with E-state index in [9.17, 15) is 14.0 Å². The molecule has 1 aliphatic carbocycles. The number of hydrogen-bond donors (Lipinski definition) is 0. The quantitative estimate of drug-likeness (QED) is 0.569.